The third kappa shape index (κ3) is 4.62. The molecule has 2 rings (SSSR count). The number of hydrogen-bond donors (Lipinski definition) is 1. The highest BCUT2D eigenvalue weighted by atomic mass is 35.5. The molecule has 0 aliphatic carbocycles. The molecule has 1 atom stereocenters. The van der Waals surface area contributed by atoms with E-state index in [0.717, 1.165) is 0 Å². The molecule has 0 radical (unpaired) electrons. The maximum absolute atomic E-state index is 14.5. The zero-order valence-corrected chi connectivity index (χ0v) is 18.9. The first kappa shape index (κ1) is 26.8. The summed E-state index contributed by atoms with van der Waals surface area (Å²) in [6.07, 6.45) is -9.74. The van der Waals surface area contributed by atoms with Gasteiger partial charge >= 0.3 is 12.4 Å². The number of nitrogens with zero attached hydrogens (tertiary/aromatic N) is 3. The van der Waals surface area contributed by atoms with Gasteiger partial charge in [0.05, 0.1) is 26.9 Å². The van der Waals surface area contributed by atoms with Crippen LogP contribution in [0.15, 0.2) is 23.9 Å². The number of alkyl halides is 6. The predicted octanol–water partition coefficient (Wildman–Crippen LogP) is 5.42. The van der Waals surface area contributed by atoms with Gasteiger partial charge in [-0.25, -0.2) is 4.90 Å². The van der Waals surface area contributed by atoms with Crippen LogP contribution in [0.1, 0.15) is 33.3 Å². The summed E-state index contributed by atoms with van der Waals surface area (Å²) >= 11 is 11.8. The van der Waals surface area contributed by atoms with Crippen molar-refractivity contribution in [3.63, 3.8) is 0 Å². The topological polar surface area (TPSA) is 76.4 Å². The van der Waals surface area contributed by atoms with Crippen LogP contribution in [0.4, 0.5) is 32.0 Å². The largest absolute Gasteiger partial charge is 0.432 e. The standard InChI is InChI=1S/C19H16Cl2F6N4O2/c1-9(32)31(15(33)16(2,3)4)17(19(25,26)27)11(7-28)8-30(29-17)14-12(20)5-10(6-13(14)21)18(22,23)24/h5-6,8,29H,1-4H3. The molecule has 0 fully saturated rings. The molecule has 2 amide bonds. The van der Waals surface area contributed by atoms with Crippen LogP contribution in [-0.2, 0) is 15.8 Å². The molecule has 6 nitrogen and oxygen atoms in total. The van der Waals surface area contributed by atoms with Crippen LogP contribution in [-0.4, -0.2) is 28.6 Å². The summed E-state index contributed by atoms with van der Waals surface area (Å²) in [5, 5.41) is 8.54. The second-order valence-electron chi connectivity index (χ2n) is 8.04. The fraction of sp³-hybridized carbons (Fsp3) is 0.421. The van der Waals surface area contributed by atoms with Crippen molar-refractivity contribution in [2.75, 3.05) is 5.01 Å². The zero-order valence-electron chi connectivity index (χ0n) is 17.4. The molecule has 1 aliphatic heterocycles. The number of hydrogen-bond acceptors (Lipinski definition) is 5. The molecule has 180 valence electrons. The van der Waals surface area contributed by atoms with Crippen molar-refractivity contribution in [2.45, 2.75) is 45.7 Å². The lowest BCUT2D eigenvalue weighted by molar-refractivity contribution is -0.227. The molecular weight excluding hydrogens is 501 g/mol. The molecule has 0 bridgehead atoms. The number of benzene rings is 1. The lowest BCUT2D eigenvalue weighted by atomic mass is 9.90. The van der Waals surface area contributed by atoms with Gasteiger partial charge < -0.3 is 0 Å². The summed E-state index contributed by atoms with van der Waals surface area (Å²) in [6, 6.07) is 2.17. The summed E-state index contributed by atoms with van der Waals surface area (Å²) in [4.78, 5) is 25.0. The van der Waals surface area contributed by atoms with E-state index in [-0.39, 0.29) is 4.90 Å². The normalized spacial score (nSPS) is 19.2. The van der Waals surface area contributed by atoms with Gasteiger partial charge in [0, 0.05) is 18.5 Å². The zero-order chi connectivity index (χ0) is 25.7. The highest BCUT2D eigenvalue weighted by molar-refractivity contribution is 6.39. The van der Waals surface area contributed by atoms with Crippen molar-refractivity contribution >= 4 is 40.7 Å². The van der Waals surface area contributed by atoms with Crippen molar-refractivity contribution in [1.82, 2.24) is 10.3 Å². The van der Waals surface area contributed by atoms with Crippen LogP contribution < -0.4 is 10.4 Å². The number of carbonyl (C=O) groups excluding carboxylic acids is 2. The van der Waals surface area contributed by atoms with Crippen molar-refractivity contribution in [2.24, 2.45) is 5.41 Å². The van der Waals surface area contributed by atoms with E-state index >= 15 is 0 Å². The van der Waals surface area contributed by atoms with Gasteiger partial charge in [-0.05, 0) is 12.1 Å². The van der Waals surface area contributed by atoms with Gasteiger partial charge in [-0.15, -0.1) is 0 Å². The SMILES string of the molecule is CC(=O)N(C(=O)C(C)(C)C)C1(C(F)(F)F)NN(c2c(Cl)cc(C(F)(F)F)cc2Cl)C=C1C#N. The minimum Gasteiger partial charge on any atom is -0.277 e. The number of amides is 2. The smallest absolute Gasteiger partial charge is 0.277 e. The van der Waals surface area contributed by atoms with E-state index in [9.17, 15) is 41.2 Å². The number of nitrogens with one attached hydrogen (secondary N) is 1. The Hall–Kier alpha value is -2.49. The first-order chi connectivity index (χ1) is 14.8. The first-order valence-corrected chi connectivity index (χ1v) is 9.72. The Morgan fingerprint density at radius 2 is 1.58 bits per heavy atom. The predicted molar refractivity (Wildman–Crippen MR) is 107 cm³/mol. The molecule has 0 spiro atoms. The molecule has 14 heteroatoms. The van der Waals surface area contributed by atoms with E-state index in [1.165, 1.54) is 26.8 Å². The number of imide groups is 1. The Morgan fingerprint density at radius 3 is 1.91 bits per heavy atom. The van der Waals surface area contributed by atoms with Crippen LogP contribution in [0, 0.1) is 16.7 Å². The average molecular weight is 517 g/mol. The Balaban J connectivity index is 2.78. The van der Waals surface area contributed by atoms with E-state index in [0.29, 0.717) is 30.3 Å². The van der Waals surface area contributed by atoms with Crippen molar-refractivity contribution < 1.29 is 35.9 Å². The van der Waals surface area contributed by atoms with E-state index in [2.05, 4.69) is 0 Å². The molecule has 0 aromatic heterocycles. The maximum Gasteiger partial charge on any atom is 0.432 e. The molecule has 33 heavy (non-hydrogen) atoms. The number of anilines is 1. The van der Waals surface area contributed by atoms with Crippen molar-refractivity contribution in [1.29, 1.82) is 5.26 Å². The van der Waals surface area contributed by atoms with Gasteiger partial charge in [0.25, 0.3) is 5.66 Å². The van der Waals surface area contributed by atoms with Gasteiger partial charge in [0.2, 0.25) is 11.8 Å². The monoisotopic (exact) mass is 516 g/mol. The van der Waals surface area contributed by atoms with Crippen LogP contribution in [0.25, 0.3) is 0 Å². The van der Waals surface area contributed by atoms with Crippen LogP contribution >= 0.6 is 23.2 Å². The highest BCUT2D eigenvalue weighted by Gasteiger charge is 2.68. The number of carbonyl (C=O) groups is 2. The minimum absolute atomic E-state index is 0.145. The number of nitriles is 1. The quantitative estimate of drug-likeness (QED) is 0.531. The molecule has 0 saturated heterocycles. The van der Waals surface area contributed by atoms with Crippen LogP contribution in [0.3, 0.4) is 0 Å². The number of halogens is 8. The molecule has 0 saturated carbocycles. The van der Waals surface area contributed by atoms with E-state index in [1.807, 2.05) is 5.43 Å². The van der Waals surface area contributed by atoms with Gasteiger partial charge in [0.15, 0.2) is 0 Å². The van der Waals surface area contributed by atoms with E-state index in [1.54, 1.807) is 0 Å². The van der Waals surface area contributed by atoms with E-state index < -0.39 is 62.1 Å². The molecule has 1 aliphatic rings. The molecule has 1 N–H and O–H groups in total. The van der Waals surface area contributed by atoms with Crippen LogP contribution in [0.2, 0.25) is 10.0 Å². The number of hydrazine groups is 1. The average Bonchev–Trinajstić information content (AvgIpc) is 2.99. The van der Waals surface area contributed by atoms with E-state index in [4.69, 9.17) is 23.2 Å². The fourth-order valence-electron chi connectivity index (χ4n) is 3.06. The Kier molecular flexibility index (Phi) is 6.79. The molecule has 1 heterocycles. The van der Waals surface area contributed by atoms with Gasteiger partial charge in [0.1, 0.15) is 6.07 Å². The first-order valence-electron chi connectivity index (χ1n) is 8.96. The summed E-state index contributed by atoms with van der Waals surface area (Å²) in [5.41, 5.74) is -6.26. The van der Waals surface area contributed by atoms with Gasteiger partial charge in [-0.1, -0.05) is 44.0 Å². The summed E-state index contributed by atoms with van der Waals surface area (Å²) in [5.74, 6) is -2.61. The third-order valence-electron chi connectivity index (χ3n) is 4.54. The second kappa shape index (κ2) is 8.38. The second-order valence-corrected chi connectivity index (χ2v) is 8.85. The minimum atomic E-state index is -5.44. The lowest BCUT2D eigenvalue weighted by Gasteiger charge is -2.43. The maximum atomic E-state index is 14.5. The summed E-state index contributed by atoms with van der Waals surface area (Å²) in [7, 11) is 0. The summed E-state index contributed by atoms with van der Waals surface area (Å²) < 4.78 is 82.5. The molecule has 1 aromatic carbocycles. The molecular formula is C19H16Cl2F6N4O2. The Morgan fingerprint density at radius 1 is 1.09 bits per heavy atom. The highest BCUT2D eigenvalue weighted by Crippen LogP contribution is 2.47. The van der Waals surface area contributed by atoms with Gasteiger partial charge in [-0.3, -0.25) is 14.6 Å². The van der Waals surface area contributed by atoms with Gasteiger partial charge in [-0.2, -0.15) is 37.0 Å². The Labute approximate surface area is 194 Å². The molecule has 1 unspecified atom stereocenters. The number of rotatable bonds is 2. The molecule has 1 aromatic rings. The Bertz CT molecular complexity index is 1050. The lowest BCUT2D eigenvalue weighted by Crippen LogP contribution is -2.72. The fourth-order valence-corrected chi connectivity index (χ4v) is 3.73. The van der Waals surface area contributed by atoms with Crippen LogP contribution in [0.5, 0.6) is 0 Å². The van der Waals surface area contributed by atoms with Crippen molar-refractivity contribution in [3.05, 3.63) is 39.5 Å². The summed E-state index contributed by atoms with van der Waals surface area (Å²) in [6.45, 7) is 4.50. The third-order valence-corrected chi connectivity index (χ3v) is 5.12. The van der Waals surface area contributed by atoms with Crippen molar-refractivity contribution in [3.8, 4) is 6.07 Å².